The number of nitriles is 1. The topological polar surface area (TPSA) is 71.3 Å². The summed E-state index contributed by atoms with van der Waals surface area (Å²) in [6.07, 6.45) is 3.50. The lowest BCUT2D eigenvalue weighted by molar-refractivity contribution is -0.117. The van der Waals surface area contributed by atoms with Crippen LogP contribution in [0.5, 0.6) is 5.75 Å². The molecule has 0 aromatic heterocycles. The van der Waals surface area contributed by atoms with E-state index in [1.54, 1.807) is 18.2 Å². The number of rotatable bonds is 6. The first-order valence-electron chi connectivity index (χ1n) is 7.97. The highest BCUT2D eigenvalue weighted by Crippen LogP contribution is 2.27. The van der Waals surface area contributed by atoms with E-state index in [9.17, 15) is 10.1 Å². The summed E-state index contributed by atoms with van der Waals surface area (Å²) in [7, 11) is 0. The van der Waals surface area contributed by atoms with Gasteiger partial charge in [-0.3, -0.25) is 4.79 Å². The summed E-state index contributed by atoms with van der Waals surface area (Å²) in [5.41, 5.74) is 0.696. The summed E-state index contributed by atoms with van der Waals surface area (Å²) in [5, 5.41) is 12.4. The fraction of sp³-hybridized carbons (Fsp3) is 0.444. The lowest BCUT2D eigenvalue weighted by Crippen LogP contribution is -2.32. The Bertz CT molecular complexity index is 659. The minimum absolute atomic E-state index is 0.0159. The highest BCUT2D eigenvalue weighted by atomic mass is 35.5. The smallest absolute Gasteiger partial charge is 0.262 e. The van der Waals surface area contributed by atoms with Crippen LogP contribution in [0.15, 0.2) is 23.8 Å². The van der Waals surface area contributed by atoms with E-state index < -0.39 is 5.91 Å². The van der Waals surface area contributed by atoms with Gasteiger partial charge in [0, 0.05) is 13.2 Å². The van der Waals surface area contributed by atoms with Gasteiger partial charge in [0.2, 0.25) is 0 Å². The van der Waals surface area contributed by atoms with Crippen LogP contribution in [-0.4, -0.2) is 31.3 Å². The molecule has 1 aromatic carbocycles. The second-order valence-electron chi connectivity index (χ2n) is 5.87. The number of ether oxygens (including phenoxy) is 2. The highest BCUT2D eigenvalue weighted by molar-refractivity contribution is 6.32. The molecule has 1 fully saturated rings. The van der Waals surface area contributed by atoms with E-state index in [1.165, 1.54) is 6.08 Å². The van der Waals surface area contributed by atoms with Gasteiger partial charge < -0.3 is 14.8 Å². The van der Waals surface area contributed by atoms with Crippen LogP contribution in [0.2, 0.25) is 5.02 Å². The molecule has 24 heavy (non-hydrogen) atoms. The molecule has 1 heterocycles. The van der Waals surface area contributed by atoms with E-state index in [2.05, 4.69) is 5.32 Å². The summed E-state index contributed by atoms with van der Waals surface area (Å²) < 4.78 is 11.0. The number of nitrogens with zero attached hydrogens (tertiary/aromatic N) is 1. The van der Waals surface area contributed by atoms with Crippen LogP contribution >= 0.6 is 11.6 Å². The second kappa shape index (κ2) is 8.72. The Kier molecular flexibility index (Phi) is 6.65. The molecule has 128 valence electrons. The van der Waals surface area contributed by atoms with Gasteiger partial charge in [-0.2, -0.15) is 5.26 Å². The SMILES string of the molecule is CC(C)Oc1ccc(/C=C(\C#N)C(=O)NC[C@@H]2CCCO2)cc1Cl. The first-order chi connectivity index (χ1) is 11.5. The molecule has 1 aromatic rings. The molecule has 0 saturated carbocycles. The Morgan fingerprint density at radius 2 is 2.38 bits per heavy atom. The summed E-state index contributed by atoms with van der Waals surface area (Å²) in [6, 6.07) is 7.08. The fourth-order valence-electron chi connectivity index (χ4n) is 2.38. The molecular formula is C18H21ClN2O3. The number of hydrogen-bond donors (Lipinski definition) is 1. The van der Waals surface area contributed by atoms with E-state index in [0.717, 1.165) is 19.4 Å². The third-order valence-corrected chi connectivity index (χ3v) is 3.80. The molecule has 2 rings (SSSR count). The van der Waals surface area contributed by atoms with Crippen LogP contribution in [0, 0.1) is 11.3 Å². The van der Waals surface area contributed by atoms with Crippen molar-refractivity contribution in [3.05, 3.63) is 34.4 Å². The zero-order valence-corrected chi connectivity index (χ0v) is 14.6. The maximum absolute atomic E-state index is 12.1. The molecule has 1 amide bonds. The van der Waals surface area contributed by atoms with Crippen LogP contribution in [0.1, 0.15) is 32.3 Å². The van der Waals surface area contributed by atoms with Crippen LogP contribution in [0.25, 0.3) is 6.08 Å². The zero-order chi connectivity index (χ0) is 17.5. The molecular weight excluding hydrogens is 328 g/mol. The number of halogens is 1. The van der Waals surface area contributed by atoms with E-state index >= 15 is 0 Å². The maximum Gasteiger partial charge on any atom is 0.262 e. The van der Waals surface area contributed by atoms with Crippen molar-refractivity contribution < 1.29 is 14.3 Å². The Labute approximate surface area is 147 Å². The van der Waals surface area contributed by atoms with Crippen LogP contribution in [0.4, 0.5) is 0 Å². The van der Waals surface area contributed by atoms with Gasteiger partial charge >= 0.3 is 0 Å². The number of benzene rings is 1. The maximum atomic E-state index is 12.1. The fourth-order valence-corrected chi connectivity index (χ4v) is 2.61. The molecule has 0 spiro atoms. The molecule has 1 N–H and O–H groups in total. The highest BCUT2D eigenvalue weighted by Gasteiger charge is 2.17. The molecule has 0 aliphatic carbocycles. The van der Waals surface area contributed by atoms with Crippen molar-refractivity contribution in [1.29, 1.82) is 5.26 Å². The van der Waals surface area contributed by atoms with Crippen molar-refractivity contribution in [3.63, 3.8) is 0 Å². The number of nitrogens with one attached hydrogen (secondary N) is 1. The quantitative estimate of drug-likeness (QED) is 0.632. The molecule has 1 aliphatic heterocycles. The lowest BCUT2D eigenvalue weighted by atomic mass is 10.1. The number of carbonyl (C=O) groups excluding carboxylic acids is 1. The monoisotopic (exact) mass is 348 g/mol. The molecule has 1 saturated heterocycles. The first-order valence-corrected chi connectivity index (χ1v) is 8.35. The van der Waals surface area contributed by atoms with Gasteiger partial charge in [0.25, 0.3) is 5.91 Å². The van der Waals surface area contributed by atoms with E-state index in [4.69, 9.17) is 21.1 Å². The standard InChI is InChI=1S/C18H21ClN2O3/c1-12(2)24-17-6-5-13(9-16(17)19)8-14(10-20)18(22)21-11-15-4-3-7-23-15/h5-6,8-9,12,15H,3-4,7,11H2,1-2H3,(H,21,22)/b14-8+/t15-/m0/s1. The molecule has 0 bridgehead atoms. The molecule has 6 heteroatoms. The molecule has 1 aliphatic rings. The average molecular weight is 349 g/mol. The summed E-state index contributed by atoms with van der Waals surface area (Å²) >= 11 is 6.17. The molecule has 0 radical (unpaired) electrons. The van der Waals surface area contributed by atoms with E-state index in [0.29, 0.717) is 22.9 Å². The number of carbonyl (C=O) groups is 1. The largest absolute Gasteiger partial charge is 0.489 e. The van der Waals surface area contributed by atoms with Crippen molar-refractivity contribution in [2.75, 3.05) is 13.2 Å². The predicted octanol–water partition coefficient (Wildman–Crippen LogP) is 3.33. The second-order valence-corrected chi connectivity index (χ2v) is 6.28. The van der Waals surface area contributed by atoms with Gasteiger partial charge in [-0.15, -0.1) is 0 Å². The normalized spacial score (nSPS) is 17.6. The summed E-state index contributed by atoms with van der Waals surface area (Å²) in [6.45, 7) is 4.97. The van der Waals surface area contributed by atoms with Gasteiger partial charge in [-0.05, 0) is 50.5 Å². The predicted molar refractivity (Wildman–Crippen MR) is 92.8 cm³/mol. The average Bonchev–Trinajstić information content (AvgIpc) is 3.06. The van der Waals surface area contributed by atoms with Gasteiger partial charge in [-0.25, -0.2) is 0 Å². The molecule has 0 unspecified atom stereocenters. The van der Waals surface area contributed by atoms with Crippen LogP contribution < -0.4 is 10.1 Å². The van der Waals surface area contributed by atoms with Crippen molar-refractivity contribution in [3.8, 4) is 11.8 Å². The summed E-state index contributed by atoms with van der Waals surface area (Å²) in [5.74, 6) is 0.164. The Morgan fingerprint density at radius 1 is 1.58 bits per heavy atom. The Morgan fingerprint density at radius 3 is 2.96 bits per heavy atom. The minimum atomic E-state index is -0.411. The van der Waals surface area contributed by atoms with Crippen LogP contribution in [0.3, 0.4) is 0 Å². The van der Waals surface area contributed by atoms with Gasteiger partial charge in [-0.1, -0.05) is 17.7 Å². The Hall–Kier alpha value is -2.03. The van der Waals surface area contributed by atoms with Crippen molar-refractivity contribution >= 4 is 23.6 Å². The van der Waals surface area contributed by atoms with E-state index in [-0.39, 0.29) is 17.8 Å². The minimum Gasteiger partial charge on any atom is -0.489 e. The van der Waals surface area contributed by atoms with Gasteiger partial charge in [0.05, 0.1) is 17.2 Å². The zero-order valence-electron chi connectivity index (χ0n) is 13.8. The summed E-state index contributed by atoms with van der Waals surface area (Å²) in [4.78, 5) is 12.1. The van der Waals surface area contributed by atoms with Crippen molar-refractivity contribution in [1.82, 2.24) is 5.32 Å². The number of amides is 1. The van der Waals surface area contributed by atoms with Crippen molar-refractivity contribution in [2.45, 2.75) is 38.9 Å². The van der Waals surface area contributed by atoms with Gasteiger partial charge in [0.15, 0.2) is 0 Å². The molecule has 1 atom stereocenters. The third-order valence-electron chi connectivity index (χ3n) is 3.51. The number of hydrogen-bond acceptors (Lipinski definition) is 4. The van der Waals surface area contributed by atoms with Crippen molar-refractivity contribution in [2.24, 2.45) is 0 Å². The van der Waals surface area contributed by atoms with Crippen LogP contribution in [-0.2, 0) is 9.53 Å². The molecule has 5 nitrogen and oxygen atoms in total. The first kappa shape index (κ1) is 18.3. The lowest BCUT2D eigenvalue weighted by Gasteiger charge is -2.12. The van der Waals surface area contributed by atoms with Gasteiger partial charge in [0.1, 0.15) is 17.4 Å². The Balaban J connectivity index is 2.04. The van der Waals surface area contributed by atoms with E-state index in [1.807, 2.05) is 19.9 Å². The third kappa shape index (κ3) is 5.26.